The maximum Gasteiger partial charge on any atom is 0.305 e. The number of hydrogen-bond donors (Lipinski definition) is 1. The van der Waals surface area contributed by atoms with Crippen molar-refractivity contribution in [2.24, 2.45) is 0 Å². The van der Waals surface area contributed by atoms with E-state index in [1.807, 2.05) is 7.05 Å². The standard InChI is InChI=1S/C25H51NO9/c1-3-4-5-6-7-8-25(27)35-24-23-34-22-21-33-20-19-32-18-17-31-16-15-30-14-13-29-12-11-28-10-9-26-2/h26H,3-24H2,1-2H3. The summed E-state index contributed by atoms with van der Waals surface area (Å²) >= 11 is 0. The van der Waals surface area contributed by atoms with Gasteiger partial charge >= 0.3 is 5.97 Å². The lowest BCUT2D eigenvalue weighted by Gasteiger charge is -2.08. The van der Waals surface area contributed by atoms with Gasteiger partial charge in [-0.1, -0.05) is 32.6 Å². The van der Waals surface area contributed by atoms with E-state index in [0.717, 1.165) is 19.4 Å². The molecule has 0 bridgehead atoms. The summed E-state index contributed by atoms with van der Waals surface area (Å²) in [7, 11) is 1.89. The third kappa shape index (κ3) is 31.1. The predicted octanol–water partition coefficient (Wildman–Crippen LogP) is 2.23. The average Bonchev–Trinajstić information content (AvgIpc) is 2.86. The number of carbonyl (C=O) groups is 1. The van der Waals surface area contributed by atoms with Crippen molar-refractivity contribution in [3.8, 4) is 0 Å². The number of carbonyl (C=O) groups excluding carboxylic acids is 1. The fourth-order valence-corrected chi connectivity index (χ4v) is 2.76. The lowest BCUT2D eigenvalue weighted by molar-refractivity contribution is -0.145. The molecule has 0 heterocycles. The van der Waals surface area contributed by atoms with Gasteiger partial charge < -0.3 is 43.2 Å². The van der Waals surface area contributed by atoms with Gasteiger partial charge in [0.2, 0.25) is 0 Å². The highest BCUT2D eigenvalue weighted by Gasteiger charge is 2.02. The van der Waals surface area contributed by atoms with Crippen LogP contribution in [0.1, 0.15) is 45.4 Å². The Morgan fingerprint density at radius 3 is 1.29 bits per heavy atom. The third-order valence-electron chi connectivity index (χ3n) is 4.70. The van der Waals surface area contributed by atoms with Gasteiger partial charge in [0.25, 0.3) is 0 Å². The number of rotatable bonds is 30. The molecule has 0 saturated carbocycles. The van der Waals surface area contributed by atoms with Crippen molar-refractivity contribution in [3.63, 3.8) is 0 Å². The largest absolute Gasteiger partial charge is 0.463 e. The minimum atomic E-state index is -0.141. The maximum absolute atomic E-state index is 11.6. The van der Waals surface area contributed by atoms with Crippen molar-refractivity contribution in [1.82, 2.24) is 5.32 Å². The van der Waals surface area contributed by atoms with Crippen molar-refractivity contribution < 1.29 is 42.7 Å². The molecule has 0 aromatic rings. The van der Waals surface area contributed by atoms with Gasteiger partial charge in [-0.2, -0.15) is 0 Å². The van der Waals surface area contributed by atoms with Crippen LogP contribution in [0.3, 0.4) is 0 Å². The van der Waals surface area contributed by atoms with Gasteiger partial charge in [0.1, 0.15) is 6.61 Å². The van der Waals surface area contributed by atoms with Crippen LogP contribution >= 0.6 is 0 Å². The number of nitrogens with one attached hydrogen (secondary N) is 1. The maximum atomic E-state index is 11.6. The van der Waals surface area contributed by atoms with Crippen molar-refractivity contribution in [2.75, 3.05) is 113 Å². The molecule has 35 heavy (non-hydrogen) atoms. The molecule has 0 aromatic carbocycles. The van der Waals surface area contributed by atoms with E-state index in [9.17, 15) is 4.79 Å². The molecular formula is C25H51NO9. The Morgan fingerprint density at radius 2 is 0.886 bits per heavy atom. The number of esters is 1. The third-order valence-corrected chi connectivity index (χ3v) is 4.70. The molecular weight excluding hydrogens is 458 g/mol. The van der Waals surface area contributed by atoms with Gasteiger partial charge in [-0.25, -0.2) is 0 Å². The second kappa shape index (κ2) is 31.2. The zero-order valence-electron chi connectivity index (χ0n) is 22.2. The normalized spacial score (nSPS) is 11.3. The number of likely N-dealkylation sites (N-methyl/N-ethyl adjacent to an activating group) is 1. The summed E-state index contributed by atoms with van der Waals surface area (Å²) in [6, 6.07) is 0. The molecule has 0 aliphatic heterocycles. The summed E-state index contributed by atoms with van der Waals surface area (Å²) < 4.78 is 43.0. The molecule has 0 fully saturated rings. The molecule has 0 aliphatic carbocycles. The molecule has 10 heteroatoms. The summed E-state index contributed by atoms with van der Waals surface area (Å²) in [4.78, 5) is 11.6. The van der Waals surface area contributed by atoms with Crippen LogP contribution in [-0.2, 0) is 42.7 Å². The summed E-state index contributed by atoms with van der Waals surface area (Å²) in [6.07, 6.45) is 6.11. The molecule has 0 aliphatic rings. The lowest BCUT2D eigenvalue weighted by atomic mass is 10.1. The number of unbranched alkanes of at least 4 members (excludes halogenated alkanes) is 4. The first kappa shape index (κ1) is 34.1. The van der Waals surface area contributed by atoms with Crippen molar-refractivity contribution in [2.45, 2.75) is 45.4 Å². The molecule has 0 unspecified atom stereocenters. The van der Waals surface area contributed by atoms with Crippen LogP contribution in [0.25, 0.3) is 0 Å². The van der Waals surface area contributed by atoms with Crippen LogP contribution < -0.4 is 5.32 Å². The van der Waals surface area contributed by atoms with E-state index in [1.54, 1.807) is 0 Å². The van der Waals surface area contributed by atoms with Crippen LogP contribution in [0.4, 0.5) is 0 Å². The molecule has 0 amide bonds. The number of ether oxygens (including phenoxy) is 8. The molecule has 0 spiro atoms. The van der Waals surface area contributed by atoms with Crippen molar-refractivity contribution in [1.29, 1.82) is 0 Å². The minimum absolute atomic E-state index is 0.141. The molecule has 210 valence electrons. The van der Waals surface area contributed by atoms with Crippen LogP contribution in [0.15, 0.2) is 0 Å². The zero-order valence-corrected chi connectivity index (χ0v) is 22.2. The molecule has 0 saturated heterocycles. The Labute approximate surface area is 212 Å². The summed E-state index contributed by atoms with van der Waals surface area (Å²) in [5, 5.41) is 3.01. The van der Waals surface area contributed by atoms with E-state index in [1.165, 1.54) is 19.3 Å². The van der Waals surface area contributed by atoms with Gasteiger partial charge in [-0.15, -0.1) is 0 Å². The van der Waals surface area contributed by atoms with E-state index >= 15 is 0 Å². The van der Waals surface area contributed by atoms with E-state index in [0.29, 0.717) is 106 Å². The van der Waals surface area contributed by atoms with Crippen molar-refractivity contribution >= 4 is 5.97 Å². The van der Waals surface area contributed by atoms with E-state index < -0.39 is 0 Å². The second-order valence-corrected chi connectivity index (χ2v) is 7.77. The minimum Gasteiger partial charge on any atom is -0.463 e. The first-order valence-corrected chi connectivity index (χ1v) is 13.2. The van der Waals surface area contributed by atoms with Crippen LogP contribution in [0.5, 0.6) is 0 Å². The summed E-state index contributed by atoms with van der Waals surface area (Å²) in [5.74, 6) is -0.141. The Bertz CT molecular complexity index is 416. The van der Waals surface area contributed by atoms with Gasteiger partial charge in [-0.3, -0.25) is 4.79 Å². The topological polar surface area (TPSA) is 103 Å². The molecule has 0 radical (unpaired) electrons. The van der Waals surface area contributed by atoms with Gasteiger partial charge in [-0.05, 0) is 13.5 Å². The molecule has 10 nitrogen and oxygen atoms in total. The van der Waals surface area contributed by atoms with Crippen LogP contribution in [0.2, 0.25) is 0 Å². The first-order chi connectivity index (χ1) is 17.3. The van der Waals surface area contributed by atoms with E-state index in [2.05, 4.69) is 12.2 Å². The Morgan fingerprint density at radius 1 is 0.514 bits per heavy atom. The van der Waals surface area contributed by atoms with Gasteiger partial charge in [0.15, 0.2) is 0 Å². The van der Waals surface area contributed by atoms with Gasteiger partial charge in [0.05, 0.1) is 92.5 Å². The predicted molar refractivity (Wildman–Crippen MR) is 134 cm³/mol. The highest BCUT2D eigenvalue weighted by atomic mass is 16.6. The van der Waals surface area contributed by atoms with Crippen LogP contribution in [0, 0.1) is 0 Å². The fraction of sp³-hybridized carbons (Fsp3) is 0.960. The number of hydrogen-bond acceptors (Lipinski definition) is 10. The Hall–Kier alpha value is -0.850. The summed E-state index contributed by atoms with van der Waals surface area (Å²) in [5.41, 5.74) is 0. The molecule has 1 N–H and O–H groups in total. The Kier molecular flexibility index (Phi) is 30.4. The highest BCUT2D eigenvalue weighted by Crippen LogP contribution is 2.05. The monoisotopic (exact) mass is 509 g/mol. The van der Waals surface area contributed by atoms with E-state index in [4.69, 9.17) is 37.9 Å². The average molecular weight is 510 g/mol. The van der Waals surface area contributed by atoms with Crippen molar-refractivity contribution in [3.05, 3.63) is 0 Å². The zero-order chi connectivity index (χ0) is 25.5. The SMILES string of the molecule is CCCCCCCC(=O)OCCOCCOCCOCCOCCOCCOCCOCCNC. The summed E-state index contributed by atoms with van der Waals surface area (Å²) in [6.45, 7) is 10.7. The Balaban J connectivity index is 3.08. The van der Waals surface area contributed by atoms with Gasteiger partial charge in [0, 0.05) is 13.0 Å². The quantitative estimate of drug-likeness (QED) is 0.115. The molecule has 0 aromatic heterocycles. The first-order valence-electron chi connectivity index (χ1n) is 13.2. The second-order valence-electron chi connectivity index (χ2n) is 7.77. The highest BCUT2D eigenvalue weighted by molar-refractivity contribution is 5.69. The molecule has 0 atom stereocenters. The smallest absolute Gasteiger partial charge is 0.305 e. The fourth-order valence-electron chi connectivity index (χ4n) is 2.76. The van der Waals surface area contributed by atoms with E-state index in [-0.39, 0.29) is 5.97 Å². The molecule has 0 rings (SSSR count). The lowest BCUT2D eigenvalue weighted by Crippen LogP contribution is -2.17. The van der Waals surface area contributed by atoms with Crippen LogP contribution in [-0.4, -0.2) is 119 Å².